The molecule has 20 rings (SSSR count). The van der Waals surface area contributed by atoms with Crippen LogP contribution in [0.4, 0.5) is 0 Å². The third-order valence-electron chi connectivity index (χ3n) is 18.4. The molecule has 20 aromatic rings. The normalized spacial score (nSPS) is 12.3. The molecule has 0 saturated heterocycles. The summed E-state index contributed by atoms with van der Waals surface area (Å²) in [6.07, 6.45) is 0. The molecule has 0 fully saturated rings. The van der Waals surface area contributed by atoms with Crippen LogP contribution in [0.1, 0.15) is 0 Å². The van der Waals surface area contributed by atoms with Crippen LogP contribution in [-0.4, -0.2) is 23.7 Å². The quantitative estimate of drug-likeness (QED) is 0.166. The molecule has 88 heavy (non-hydrogen) atoms. The van der Waals surface area contributed by atoms with Crippen molar-refractivity contribution >= 4 is 171 Å². The average Bonchev–Trinajstić information content (AvgIpc) is 1.65. The van der Waals surface area contributed by atoms with Crippen LogP contribution in [0.25, 0.3) is 188 Å². The number of rotatable bonds is 6. The van der Waals surface area contributed by atoms with Gasteiger partial charge in [-0.05, 0) is 145 Å². The average molecular weight is 1170 g/mol. The summed E-state index contributed by atoms with van der Waals surface area (Å²) in [5, 5.41) is 16.2. The van der Waals surface area contributed by atoms with Gasteiger partial charge in [0.2, 0.25) is 0 Å². The van der Waals surface area contributed by atoms with Gasteiger partial charge in [0.1, 0.15) is 0 Å². The zero-order chi connectivity index (χ0) is 57.3. The summed E-state index contributed by atoms with van der Waals surface area (Å²) in [4.78, 5) is 11.0. The lowest BCUT2D eigenvalue weighted by atomic mass is 9.99. The monoisotopic (exact) mass is 1170 g/mol. The highest BCUT2D eigenvalue weighted by molar-refractivity contribution is 7.26. The van der Waals surface area contributed by atoms with Crippen molar-refractivity contribution in [2.24, 2.45) is 0 Å². The molecule has 0 bridgehead atoms. The van der Waals surface area contributed by atoms with Gasteiger partial charge < -0.3 is 13.7 Å². The molecule has 0 amide bonds. The van der Waals surface area contributed by atoms with E-state index in [0.717, 1.165) is 55.9 Å². The van der Waals surface area contributed by atoms with E-state index in [0.29, 0.717) is 5.82 Å². The first-order valence-corrected chi connectivity index (χ1v) is 32.2. The van der Waals surface area contributed by atoms with Crippen LogP contribution < -0.4 is 0 Å². The van der Waals surface area contributed by atoms with Gasteiger partial charge in [-0.1, -0.05) is 140 Å². The van der Waals surface area contributed by atoms with Gasteiger partial charge >= 0.3 is 0 Å². The van der Waals surface area contributed by atoms with Crippen LogP contribution >= 0.6 is 34.0 Å². The number of nitrogens with zero attached hydrogens (tertiary/aromatic N) is 5. The molecule has 0 unspecified atom stereocenters. The van der Waals surface area contributed by atoms with Crippen molar-refractivity contribution in [3.8, 4) is 50.8 Å². The predicted octanol–water partition coefficient (Wildman–Crippen LogP) is 23.0. The molecular weight excluding hydrogens is 1130 g/mol. The summed E-state index contributed by atoms with van der Waals surface area (Å²) in [6.45, 7) is 0. The van der Waals surface area contributed by atoms with Crippen molar-refractivity contribution in [2.45, 2.75) is 0 Å². The van der Waals surface area contributed by atoms with Crippen molar-refractivity contribution in [1.29, 1.82) is 0 Å². The largest absolute Gasteiger partial charge is 0.309 e. The Kier molecular flexibility index (Phi) is 10.1. The molecular formula is C80H45N5S3. The lowest BCUT2D eigenvalue weighted by molar-refractivity contribution is 1.17. The second kappa shape index (κ2) is 18.4. The number of thiophene rings is 3. The van der Waals surface area contributed by atoms with Crippen molar-refractivity contribution in [1.82, 2.24) is 23.7 Å². The van der Waals surface area contributed by atoms with E-state index in [-0.39, 0.29) is 0 Å². The van der Waals surface area contributed by atoms with E-state index >= 15 is 0 Å². The van der Waals surface area contributed by atoms with Crippen molar-refractivity contribution in [3.63, 3.8) is 0 Å². The smallest absolute Gasteiger partial charge is 0.160 e. The second-order valence-corrected chi connectivity index (χ2v) is 26.5. The van der Waals surface area contributed by atoms with Gasteiger partial charge in [0.15, 0.2) is 5.82 Å². The van der Waals surface area contributed by atoms with E-state index in [1.165, 1.54) is 126 Å². The third-order valence-corrected chi connectivity index (χ3v) is 21.8. The van der Waals surface area contributed by atoms with Crippen LogP contribution in [0, 0.1) is 0 Å². The molecule has 13 aromatic carbocycles. The third kappa shape index (κ3) is 7.07. The minimum absolute atomic E-state index is 0.676. The van der Waals surface area contributed by atoms with E-state index in [4.69, 9.17) is 9.97 Å². The molecule has 0 saturated carbocycles. The predicted molar refractivity (Wildman–Crippen MR) is 378 cm³/mol. The molecule has 0 atom stereocenters. The topological polar surface area (TPSA) is 40.6 Å². The van der Waals surface area contributed by atoms with Gasteiger partial charge in [-0.25, -0.2) is 9.97 Å². The highest BCUT2D eigenvalue weighted by Crippen LogP contribution is 2.45. The molecule has 0 aliphatic carbocycles. The zero-order valence-electron chi connectivity index (χ0n) is 46.9. The Morgan fingerprint density at radius 1 is 0.216 bits per heavy atom. The summed E-state index contributed by atoms with van der Waals surface area (Å²) in [7, 11) is 0. The summed E-state index contributed by atoms with van der Waals surface area (Å²) >= 11 is 5.61. The van der Waals surface area contributed by atoms with Crippen LogP contribution in [-0.2, 0) is 0 Å². The lowest BCUT2D eigenvalue weighted by Crippen LogP contribution is -1.98. The standard InChI is InChI=1S/C80H45N5S3/c1-7-22-67-53(16-1)59-43-76-62(56-19-4-10-25-73(56)86-76)40-70(59)83(67)50-33-28-46(29-34-50)79-65-39-49(48-14-13-15-52(38-48)85-69-24-9-3-18-55(69)61-45-78-64(42-72(61)85)58-21-6-12-27-75(58)88-78)32-37-66(65)81-80(82-79)47-30-35-51(36-31-47)84-68-23-8-2-17-54(68)60-44-77-63(41-71(60)84)57-20-5-11-26-74(57)87-77/h1-45H. The van der Waals surface area contributed by atoms with Crippen LogP contribution in [0.15, 0.2) is 273 Å². The Labute approximate surface area is 514 Å². The van der Waals surface area contributed by atoms with Gasteiger partial charge in [0.25, 0.3) is 0 Å². The summed E-state index contributed by atoms with van der Waals surface area (Å²) in [6, 6.07) is 101. The zero-order valence-corrected chi connectivity index (χ0v) is 49.4. The Morgan fingerprint density at radius 2 is 0.614 bits per heavy atom. The maximum absolute atomic E-state index is 5.62. The van der Waals surface area contributed by atoms with Crippen LogP contribution in [0.2, 0.25) is 0 Å². The number of benzene rings is 13. The fourth-order valence-electron chi connectivity index (χ4n) is 14.4. The van der Waals surface area contributed by atoms with Gasteiger partial charge in [-0.15, -0.1) is 34.0 Å². The van der Waals surface area contributed by atoms with Gasteiger partial charge in [-0.2, -0.15) is 0 Å². The minimum Gasteiger partial charge on any atom is -0.309 e. The van der Waals surface area contributed by atoms with Crippen LogP contribution in [0.5, 0.6) is 0 Å². The number of para-hydroxylation sites is 3. The van der Waals surface area contributed by atoms with Crippen LogP contribution in [0.3, 0.4) is 0 Å². The highest BCUT2D eigenvalue weighted by atomic mass is 32.1. The molecule has 0 aliphatic rings. The summed E-state index contributed by atoms with van der Waals surface area (Å²) in [5.41, 5.74) is 16.4. The van der Waals surface area contributed by atoms with E-state index in [2.05, 4.69) is 287 Å². The number of hydrogen-bond acceptors (Lipinski definition) is 5. The molecule has 7 heterocycles. The second-order valence-electron chi connectivity index (χ2n) is 23.2. The van der Waals surface area contributed by atoms with E-state index in [1.807, 2.05) is 34.0 Å². The number of hydrogen-bond donors (Lipinski definition) is 0. The first kappa shape index (κ1) is 48.5. The Hall–Kier alpha value is -10.7. The fourth-order valence-corrected chi connectivity index (χ4v) is 17.8. The molecule has 0 spiro atoms. The van der Waals surface area contributed by atoms with Gasteiger partial charge in [0, 0.05) is 126 Å². The van der Waals surface area contributed by atoms with E-state index < -0.39 is 0 Å². The number of fused-ring (bicyclic) bond motifs is 19. The molecule has 5 nitrogen and oxygen atoms in total. The molecule has 0 radical (unpaired) electrons. The maximum Gasteiger partial charge on any atom is 0.160 e. The molecule has 0 aliphatic heterocycles. The van der Waals surface area contributed by atoms with E-state index in [9.17, 15) is 0 Å². The highest BCUT2D eigenvalue weighted by Gasteiger charge is 2.22. The molecule has 0 N–H and O–H groups in total. The van der Waals surface area contributed by atoms with Gasteiger partial charge in [0.05, 0.1) is 44.3 Å². The van der Waals surface area contributed by atoms with Gasteiger partial charge in [-0.3, -0.25) is 0 Å². The minimum atomic E-state index is 0.676. The number of aromatic nitrogens is 5. The summed E-state index contributed by atoms with van der Waals surface area (Å²) in [5.74, 6) is 0.676. The fraction of sp³-hybridized carbons (Fsp3) is 0. The lowest BCUT2D eigenvalue weighted by Gasteiger charge is -2.14. The Bertz CT molecular complexity index is 6370. The molecule has 408 valence electrons. The first-order valence-electron chi connectivity index (χ1n) is 29.8. The Morgan fingerprint density at radius 3 is 1.09 bits per heavy atom. The SMILES string of the molecule is c1cc(-c2ccc3nc(-c4ccc(-n5c6ccccc6c6cc7sc8ccccc8c7cc65)cc4)nc(-c4ccc(-n5c6ccccc6c6cc7sc8ccccc8c7cc65)cc4)c3c2)cc(-n2c3ccccc3c3cc4sc5ccccc5c4cc32)c1. The maximum atomic E-state index is 5.62. The van der Waals surface area contributed by atoms with Crippen molar-refractivity contribution in [2.75, 3.05) is 0 Å². The summed E-state index contributed by atoms with van der Waals surface area (Å²) < 4.78 is 15.1. The van der Waals surface area contributed by atoms with E-state index in [1.54, 1.807) is 0 Å². The Balaban J connectivity index is 0.747. The van der Waals surface area contributed by atoms with Crippen molar-refractivity contribution < 1.29 is 0 Å². The first-order chi connectivity index (χ1) is 43.6. The molecule has 8 heteroatoms. The van der Waals surface area contributed by atoms with Crippen molar-refractivity contribution in [3.05, 3.63) is 273 Å². The molecule has 7 aromatic heterocycles.